The number of fused-ring (bicyclic) bond motifs is 1. The summed E-state index contributed by atoms with van der Waals surface area (Å²) in [6, 6.07) is 7.05. The van der Waals surface area contributed by atoms with E-state index >= 15 is 0 Å². The van der Waals surface area contributed by atoms with E-state index in [1.54, 1.807) is 7.11 Å². The van der Waals surface area contributed by atoms with Crippen LogP contribution in [0.5, 0.6) is 5.75 Å². The number of esters is 1. The molecule has 18 heavy (non-hydrogen) atoms. The molecule has 0 aliphatic carbocycles. The molecule has 2 aromatic rings. The van der Waals surface area contributed by atoms with E-state index in [4.69, 9.17) is 10.5 Å². The van der Waals surface area contributed by atoms with Crippen molar-refractivity contribution >= 4 is 16.9 Å². The zero-order valence-electron chi connectivity index (χ0n) is 10.4. The summed E-state index contributed by atoms with van der Waals surface area (Å²) in [7, 11) is 2.96. The highest BCUT2D eigenvalue weighted by molar-refractivity contribution is 5.82. The van der Waals surface area contributed by atoms with Gasteiger partial charge in [-0.15, -0.1) is 0 Å². The molecule has 2 rings (SSSR count). The van der Waals surface area contributed by atoms with Gasteiger partial charge in [0.05, 0.1) is 14.2 Å². The van der Waals surface area contributed by atoms with E-state index in [-0.39, 0.29) is 0 Å². The molecule has 0 aliphatic heterocycles. The van der Waals surface area contributed by atoms with Gasteiger partial charge in [0.1, 0.15) is 11.8 Å². The maximum Gasteiger partial charge on any atom is 0.323 e. The number of methoxy groups -OCH3 is 2. The zero-order chi connectivity index (χ0) is 13.1. The highest BCUT2D eigenvalue weighted by atomic mass is 16.5. The number of nitrogens with two attached hydrogens (primary N) is 1. The van der Waals surface area contributed by atoms with Gasteiger partial charge in [-0.05, 0) is 24.3 Å². The van der Waals surface area contributed by atoms with Crippen molar-refractivity contribution in [1.29, 1.82) is 0 Å². The van der Waals surface area contributed by atoms with Crippen LogP contribution in [0.4, 0.5) is 0 Å². The van der Waals surface area contributed by atoms with E-state index in [0.717, 1.165) is 22.3 Å². The van der Waals surface area contributed by atoms with Gasteiger partial charge in [0.2, 0.25) is 0 Å². The predicted octanol–water partition coefficient (Wildman–Crippen LogP) is 1.22. The molecule has 1 aromatic carbocycles. The number of nitrogens with one attached hydrogen (secondary N) is 1. The number of carbonyl (C=O) groups is 1. The highest BCUT2D eigenvalue weighted by Crippen LogP contribution is 2.21. The second-order valence-electron chi connectivity index (χ2n) is 4.08. The Balaban J connectivity index is 2.22. The van der Waals surface area contributed by atoms with Gasteiger partial charge in [0.25, 0.3) is 0 Å². The summed E-state index contributed by atoms with van der Waals surface area (Å²) in [5.74, 6) is 0.386. The van der Waals surface area contributed by atoms with Crippen molar-refractivity contribution in [2.45, 2.75) is 12.5 Å². The van der Waals surface area contributed by atoms with Crippen LogP contribution in [-0.4, -0.2) is 31.2 Å². The lowest BCUT2D eigenvalue weighted by atomic mass is 10.1. The van der Waals surface area contributed by atoms with Gasteiger partial charge < -0.3 is 20.2 Å². The molecule has 96 valence electrons. The molecule has 1 aromatic heterocycles. The molecule has 1 heterocycles. The van der Waals surface area contributed by atoms with Crippen molar-refractivity contribution in [2.75, 3.05) is 14.2 Å². The van der Waals surface area contributed by atoms with Crippen molar-refractivity contribution in [3.63, 3.8) is 0 Å². The Bertz CT molecular complexity index is 562. The summed E-state index contributed by atoms with van der Waals surface area (Å²) in [4.78, 5) is 14.5. The summed E-state index contributed by atoms with van der Waals surface area (Å²) in [5.41, 5.74) is 7.61. The number of carbonyl (C=O) groups excluding carboxylic acids is 1. The number of aromatic nitrogens is 1. The molecule has 1 unspecified atom stereocenters. The Morgan fingerprint density at radius 3 is 2.83 bits per heavy atom. The van der Waals surface area contributed by atoms with Gasteiger partial charge in [0.15, 0.2) is 0 Å². The average Bonchev–Trinajstić information content (AvgIpc) is 2.78. The quantitative estimate of drug-likeness (QED) is 0.797. The first-order valence-corrected chi connectivity index (χ1v) is 5.63. The number of hydrogen-bond acceptors (Lipinski definition) is 4. The van der Waals surface area contributed by atoms with Crippen molar-refractivity contribution in [1.82, 2.24) is 4.98 Å². The summed E-state index contributed by atoms with van der Waals surface area (Å²) >= 11 is 0. The van der Waals surface area contributed by atoms with E-state index in [9.17, 15) is 4.79 Å². The van der Waals surface area contributed by atoms with Crippen molar-refractivity contribution in [3.8, 4) is 5.75 Å². The molecule has 0 saturated heterocycles. The maximum atomic E-state index is 11.3. The largest absolute Gasteiger partial charge is 0.497 e. The van der Waals surface area contributed by atoms with E-state index in [1.807, 2.05) is 24.3 Å². The molecule has 0 radical (unpaired) electrons. The van der Waals surface area contributed by atoms with Gasteiger partial charge in [0, 0.05) is 23.0 Å². The Morgan fingerprint density at radius 2 is 2.17 bits per heavy atom. The first-order chi connectivity index (χ1) is 8.63. The number of rotatable bonds is 4. The lowest BCUT2D eigenvalue weighted by Gasteiger charge is -2.06. The third-order valence-electron chi connectivity index (χ3n) is 2.83. The Morgan fingerprint density at radius 1 is 1.39 bits per heavy atom. The highest BCUT2D eigenvalue weighted by Gasteiger charge is 2.15. The van der Waals surface area contributed by atoms with Gasteiger partial charge in [-0.2, -0.15) is 0 Å². The third kappa shape index (κ3) is 2.46. The van der Waals surface area contributed by atoms with Crippen molar-refractivity contribution in [3.05, 3.63) is 30.0 Å². The Labute approximate surface area is 105 Å². The minimum atomic E-state index is -0.648. The number of hydrogen-bond donors (Lipinski definition) is 2. The van der Waals surface area contributed by atoms with Crippen LogP contribution in [0.15, 0.2) is 24.3 Å². The minimum absolute atomic E-state index is 0.411. The topological polar surface area (TPSA) is 77.3 Å². The van der Waals surface area contributed by atoms with Crippen LogP contribution >= 0.6 is 0 Å². The van der Waals surface area contributed by atoms with E-state index < -0.39 is 12.0 Å². The number of ether oxygens (including phenoxy) is 2. The van der Waals surface area contributed by atoms with Crippen molar-refractivity contribution < 1.29 is 14.3 Å². The van der Waals surface area contributed by atoms with Crippen LogP contribution in [0.1, 0.15) is 5.69 Å². The molecule has 0 amide bonds. The molecular formula is C13H16N2O3. The fraction of sp³-hybridized carbons (Fsp3) is 0.308. The monoisotopic (exact) mass is 248 g/mol. The van der Waals surface area contributed by atoms with Gasteiger partial charge in [-0.3, -0.25) is 4.79 Å². The lowest BCUT2D eigenvalue weighted by Crippen LogP contribution is -2.33. The fourth-order valence-corrected chi connectivity index (χ4v) is 1.88. The fourth-order valence-electron chi connectivity index (χ4n) is 1.88. The van der Waals surface area contributed by atoms with Crippen LogP contribution in [0.3, 0.4) is 0 Å². The molecule has 0 fully saturated rings. The molecule has 0 bridgehead atoms. The van der Waals surface area contributed by atoms with Crippen molar-refractivity contribution in [2.24, 2.45) is 5.73 Å². The van der Waals surface area contributed by atoms with E-state index in [1.165, 1.54) is 7.11 Å². The first kappa shape index (κ1) is 12.4. The standard InChI is InChI=1S/C13H16N2O3/c1-17-10-3-4-12-8(6-10)5-9(15-12)7-11(14)13(16)18-2/h3-6,11,15H,7,14H2,1-2H3. The smallest absolute Gasteiger partial charge is 0.323 e. The van der Waals surface area contributed by atoms with E-state index in [2.05, 4.69) is 9.72 Å². The maximum absolute atomic E-state index is 11.3. The van der Waals surface area contributed by atoms with Crippen LogP contribution in [-0.2, 0) is 16.0 Å². The van der Waals surface area contributed by atoms with Crippen LogP contribution < -0.4 is 10.5 Å². The average molecular weight is 248 g/mol. The van der Waals surface area contributed by atoms with Crippen LogP contribution in [0, 0.1) is 0 Å². The molecule has 0 aliphatic rings. The minimum Gasteiger partial charge on any atom is -0.497 e. The second-order valence-corrected chi connectivity index (χ2v) is 4.08. The van der Waals surface area contributed by atoms with E-state index in [0.29, 0.717) is 6.42 Å². The second kappa shape index (κ2) is 5.10. The SMILES string of the molecule is COC(=O)C(N)Cc1cc2cc(OC)ccc2[nH]1. The first-order valence-electron chi connectivity index (χ1n) is 5.63. The normalized spacial score (nSPS) is 12.4. The molecule has 0 spiro atoms. The summed E-state index contributed by atoms with van der Waals surface area (Å²) in [6.07, 6.45) is 0.420. The molecule has 5 heteroatoms. The van der Waals surface area contributed by atoms with Gasteiger partial charge in [-0.25, -0.2) is 0 Å². The van der Waals surface area contributed by atoms with Gasteiger partial charge in [-0.1, -0.05) is 0 Å². The molecular weight excluding hydrogens is 232 g/mol. The third-order valence-corrected chi connectivity index (χ3v) is 2.83. The molecule has 3 N–H and O–H groups in total. The summed E-state index contributed by atoms with van der Waals surface area (Å²) < 4.78 is 9.75. The summed E-state index contributed by atoms with van der Waals surface area (Å²) in [5, 5.41) is 1.03. The molecule has 1 atom stereocenters. The Kier molecular flexibility index (Phi) is 3.53. The zero-order valence-corrected chi connectivity index (χ0v) is 10.4. The van der Waals surface area contributed by atoms with Crippen LogP contribution in [0.2, 0.25) is 0 Å². The lowest BCUT2D eigenvalue weighted by molar-refractivity contribution is -0.142. The number of benzene rings is 1. The van der Waals surface area contributed by atoms with Gasteiger partial charge >= 0.3 is 5.97 Å². The molecule has 0 saturated carbocycles. The van der Waals surface area contributed by atoms with Crippen LogP contribution in [0.25, 0.3) is 10.9 Å². The summed E-state index contributed by atoms with van der Waals surface area (Å²) in [6.45, 7) is 0. The number of aromatic amines is 1. The predicted molar refractivity (Wildman–Crippen MR) is 68.5 cm³/mol. The molecule has 5 nitrogen and oxygen atoms in total. The number of H-pyrrole nitrogens is 1. The Hall–Kier alpha value is -2.01.